The van der Waals surface area contributed by atoms with E-state index in [1.54, 1.807) is 18.2 Å². The van der Waals surface area contributed by atoms with Crippen molar-refractivity contribution in [2.75, 3.05) is 0 Å². The maximum Gasteiger partial charge on any atom is 0.273 e. The molecule has 0 unspecified atom stereocenters. The number of benzene rings is 3. The van der Waals surface area contributed by atoms with Crippen molar-refractivity contribution in [3.63, 3.8) is 0 Å². The minimum Gasteiger partial charge on any atom is -0.296 e. The molecule has 0 bridgehead atoms. The maximum absolute atomic E-state index is 13.1. The Kier molecular flexibility index (Phi) is 6.31. The number of carbonyl (C=O) groups is 1. The Morgan fingerprint density at radius 1 is 1.03 bits per heavy atom. The Morgan fingerprint density at radius 2 is 1.73 bits per heavy atom. The molecule has 33 heavy (non-hydrogen) atoms. The van der Waals surface area contributed by atoms with Crippen molar-refractivity contribution in [2.24, 2.45) is 5.10 Å². The highest BCUT2D eigenvalue weighted by molar-refractivity contribution is 5.83. The topological polar surface area (TPSA) is 119 Å². The number of carbonyl (C=O) groups excluding carboxylic acids is 1. The van der Waals surface area contributed by atoms with Gasteiger partial charge in [0.05, 0.1) is 22.2 Å². The van der Waals surface area contributed by atoms with E-state index in [9.17, 15) is 19.7 Å². The van der Waals surface area contributed by atoms with Gasteiger partial charge in [0.15, 0.2) is 0 Å². The Morgan fingerprint density at radius 3 is 2.45 bits per heavy atom. The summed E-state index contributed by atoms with van der Waals surface area (Å²) in [5.74, 6) is -0.489. The van der Waals surface area contributed by atoms with Crippen LogP contribution in [0.2, 0.25) is 0 Å². The summed E-state index contributed by atoms with van der Waals surface area (Å²) in [6.45, 7) is -0.235. The lowest BCUT2D eigenvalue weighted by atomic mass is 10.1. The third-order valence-electron chi connectivity index (χ3n) is 4.94. The first-order valence-electron chi connectivity index (χ1n) is 10.1. The number of para-hydroxylation sites is 2. The molecule has 0 atom stereocenters. The van der Waals surface area contributed by atoms with E-state index in [2.05, 4.69) is 15.5 Å². The zero-order valence-electron chi connectivity index (χ0n) is 17.4. The summed E-state index contributed by atoms with van der Waals surface area (Å²) in [4.78, 5) is 40.4. The molecule has 9 heteroatoms. The highest BCUT2D eigenvalue weighted by Crippen LogP contribution is 2.13. The lowest BCUT2D eigenvalue weighted by molar-refractivity contribution is -0.384. The van der Waals surface area contributed by atoms with Crippen molar-refractivity contribution in [1.82, 2.24) is 15.0 Å². The number of aromatic nitrogens is 2. The smallest absolute Gasteiger partial charge is 0.273 e. The van der Waals surface area contributed by atoms with Crippen molar-refractivity contribution >= 4 is 28.8 Å². The summed E-state index contributed by atoms with van der Waals surface area (Å²) in [6.07, 6.45) is 1.72. The van der Waals surface area contributed by atoms with Gasteiger partial charge in [0, 0.05) is 18.6 Å². The van der Waals surface area contributed by atoms with E-state index >= 15 is 0 Å². The number of hydrazone groups is 1. The number of amides is 1. The Balaban J connectivity index is 1.54. The first-order valence-corrected chi connectivity index (χ1v) is 10.1. The van der Waals surface area contributed by atoms with Crippen LogP contribution in [0.25, 0.3) is 11.0 Å². The van der Waals surface area contributed by atoms with E-state index in [0.717, 1.165) is 5.56 Å². The molecule has 1 heterocycles. The summed E-state index contributed by atoms with van der Waals surface area (Å²) in [7, 11) is 0. The van der Waals surface area contributed by atoms with Gasteiger partial charge in [-0.1, -0.05) is 42.5 Å². The number of non-ortho nitro benzene ring substituents is 1. The van der Waals surface area contributed by atoms with Gasteiger partial charge in [-0.25, -0.2) is 10.4 Å². The number of nitrogens with zero attached hydrogens (tertiary/aromatic N) is 4. The predicted octanol–water partition coefficient (Wildman–Crippen LogP) is 3.05. The number of fused-ring (bicyclic) bond motifs is 1. The van der Waals surface area contributed by atoms with Gasteiger partial charge in [-0.3, -0.25) is 24.3 Å². The summed E-state index contributed by atoms with van der Waals surface area (Å²) in [5.41, 5.74) is 5.06. The van der Waals surface area contributed by atoms with Crippen LogP contribution in [0.3, 0.4) is 0 Å². The molecule has 4 rings (SSSR count). The quantitative estimate of drug-likeness (QED) is 0.269. The number of hydrogen-bond acceptors (Lipinski definition) is 6. The summed E-state index contributed by atoms with van der Waals surface area (Å²) in [5, 5.41) is 14.6. The summed E-state index contributed by atoms with van der Waals surface area (Å²) < 4.78 is 1.39. The van der Waals surface area contributed by atoms with Gasteiger partial charge in [0.2, 0.25) is 0 Å². The van der Waals surface area contributed by atoms with Crippen LogP contribution in [-0.4, -0.2) is 26.6 Å². The standard InChI is InChI=1S/C24H19N5O4/c30-23(27-25-15-18-10-12-19(13-11-18)29(32)33)16-28-22-9-5-4-8-20(22)26-21(24(28)31)14-17-6-2-1-3-7-17/h1-13,15H,14,16H2,(H,27,30)/b25-15+. The lowest BCUT2D eigenvalue weighted by Crippen LogP contribution is -2.32. The van der Waals surface area contributed by atoms with Gasteiger partial charge < -0.3 is 0 Å². The molecule has 0 aliphatic heterocycles. The predicted molar refractivity (Wildman–Crippen MR) is 124 cm³/mol. The fraction of sp³-hybridized carbons (Fsp3) is 0.0833. The molecule has 3 aromatic carbocycles. The number of hydrogen-bond donors (Lipinski definition) is 1. The number of nitro benzene ring substituents is 1. The van der Waals surface area contributed by atoms with Crippen molar-refractivity contribution in [3.05, 3.63) is 116 Å². The molecule has 0 saturated heterocycles. The molecule has 164 valence electrons. The molecule has 0 saturated carbocycles. The largest absolute Gasteiger partial charge is 0.296 e. The van der Waals surface area contributed by atoms with E-state index in [1.807, 2.05) is 36.4 Å². The van der Waals surface area contributed by atoms with Crippen LogP contribution < -0.4 is 11.0 Å². The van der Waals surface area contributed by atoms with E-state index in [-0.39, 0.29) is 17.8 Å². The second-order valence-electron chi connectivity index (χ2n) is 7.24. The Hall–Kier alpha value is -4.66. The molecule has 0 aliphatic carbocycles. The number of nitro groups is 1. The Bertz CT molecular complexity index is 1400. The Labute approximate surface area is 188 Å². The van der Waals surface area contributed by atoms with Crippen LogP contribution in [0.15, 0.2) is 88.8 Å². The molecule has 0 spiro atoms. The van der Waals surface area contributed by atoms with Gasteiger partial charge in [0.25, 0.3) is 17.2 Å². The van der Waals surface area contributed by atoms with Crippen LogP contribution in [0, 0.1) is 10.1 Å². The van der Waals surface area contributed by atoms with Gasteiger partial charge in [0.1, 0.15) is 12.2 Å². The van der Waals surface area contributed by atoms with E-state index < -0.39 is 10.8 Å². The average molecular weight is 441 g/mol. The van der Waals surface area contributed by atoms with Crippen molar-refractivity contribution in [2.45, 2.75) is 13.0 Å². The average Bonchev–Trinajstić information content (AvgIpc) is 2.83. The molecule has 0 radical (unpaired) electrons. The molecular weight excluding hydrogens is 422 g/mol. The fourth-order valence-corrected chi connectivity index (χ4v) is 3.35. The first-order chi connectivity index (χ1) is 16.0. The molecule has 1 aromatic heterocycles. The molecule has 9 nitrogen and oxygen atoms in total. The van der Waals surface area contributed by atoms with Gasteiger partial charge in [-0.15, -0.1) is 0 Å². The van der Waals surface area contributed by atoms with Crippen molar-refractivity contribution in [3.8, 4) is 0 Å². The molecule has 4 aromatic rings. The minimum absolute atomic E-state index is 0.0357. The first kappa shape index (κ1) is 21.6. The van der Waals surface area contributed by atoms with Crippen molar-refractivity contribution < 1.29 is 9.72 Å². The molecule has 0 fully saturated rings. The maximum atomic E-state index is 13.1. The minimum atomic E-state index is -0.495. The zero-order valence-corrected chi connectivity index (χ0v) is 17.4. The van der Waals surface area contributed by atoms with Crippen LogP contribution in [0.1, 0.15) is 16.8 Å². The van der Waals surface area contributed by atoms with Gasteiger partial charge in [-0.2, -0.15) is 5.10 Å². The fourth-order valence-electron chi connectivity index (χ4n) is 3.35. The second-order valence-corrected chi connectivity index (χ2v) is 7.24. The molecule has 0 aliphatic rings. The lowest BCUT2D eigenvalue weighted by Gasteiger charge is -2.11. The van der Waals surface area contributed by atoms with Crippen LogP contribution in [0.4, 0.5) is 5.69 Å². The highest BCUT2D eigenvalue weighted by Gasteiger charge is 2.14. The number of rotatable bonds is 7. The van der Waals surface area contributed by atoms with Gasteiger partial charge in [-0.05, 0) is 35.4 Å². The number of nitrogens with one attached hydrogen (secondary N) is 1. The normalized spacial score (nSPS) is 11.0. The van der Waals surface area contributed by atoms with E-state index in [0.29, 0.717) is 28.7 Å². The summed E-state index contributed by atoms with van der Waals surface area (Å²) in [6, 6.07) is 22.4. The molecular formula is C24H19N5O4. The monoisotopic (exact) mass is 441 g/mol. The van der Waals surface area contributed by atoms with E-state index in [1.165, 1.54) is 35.0 Å². The third kappa shape index (κ3) is 5.16. The molecule has 1 N–H and O–H groups in total. The highest BCUT2D eigenvalue weighted by atomic mass is 16.6. The second kappa shape index (κ2) is 9.65. The van der Waals surface area contributed by atoms with Gasteiger partial charge >= 0.3 is 0 Å². The van der Waals surface area contributed by atoms with Crippen LogP contribution >= 0.6 is 0 Å². The summed E-state index contributed by atoms with van der Waals surface area (Å²) >= 11 is 0. The van der Waals surface area contributed by atoms with E-state index in [4.69, 9.17) is 0 Å². The SMILES string of the molecule is O=C(Cn1c(=O)c(Cc2ccccc2)nc2ccccc21)N/N=C/c1ccc([N+](=O)[O-])cc1. The third-order valence-corrected chi connectivity index (χ3v) is 4.94. The molecule has 1 amide bonds. The van der Waals surface area contributed by atoms with Crippen LogP contribution in [0.5, 0.6) is 0 Å². The van der Waals surface area contributed by atoms with Crippen LogP contribution in [-0.2, 0) is 17.8 Å². The van der Waals surface area contributed by atoms with Crippen molar-refractivity contribution in [1.29, 1.82) is 0 Å². The zero-order chi connectivity index (χ0) is 23.2.